The molecule has 3 amide bonds. The maximum absolute atomic E-state index is 12.6. The molecular weight excluding hydrogens is 316 g/mol. The Balaban J connectivity index is 1.44. The van der Waals surface area contributed by atoms with Crippen molar-refractivity contribution in [3.05, 3.63) is 24.0 Å². The highest BCUT2D eigenvalue weighted by molar-refractivity contribution is 5.76. The van der Waals surface area contributed by atoms with Crippen molar-refractivity contribution in [2.75, 3.05) is 26.2 Å². The van der Waals surface area contributed by atoms with Crippen LogP contribution in [0.25, 0.3) is 0 Å². The molecule has 0 spiro atoms. The van der Waals surface area contributed by atoms with Crippen LogP contribution in [-0.4, -0.2) is 52.5 Å². The zero-order valence-electron chi connectivity index (χ0n) is 15.2. The second-order valence-corrected chi connectivity index (χ2v) is 7.17. The molecule has 2 saturated heterocycles. The Morgan fingerprint density at radius 3 is 2.92 bits per heavy atom. The molecule has 1 aromatic heterocycles. The maximum Gasteiger partial charge on any atom is 0.317 e. The second kappa shape index (κ2) is 8.41. The number of hydrogen-bond acceptors (Lipinski definition) is 2. The van der Waals surface area contributed by atoms with Crippen LogP contribution >= 0.6 is 0 Å². The third kappa shape index (κ3) is 4.35. The van der Waals surface area contributed by atoms with Gasteiger partial charge in [-0.1, -0.05) is 6.42 Å². The van der Waals surface area contributed by atoms with Crippen LogP contribution in [0.15, 0.2) is 18.3 Å². The van der Waals surface area contributed by atoms with Crippen molar-refractivity contribution in [3.8, 4) is 0 Å². The monoisotopic (exact) mass is 346 g/mol. The molecule has 0 bridgehead atoms. The lowest BCUT2D eigenvalue weighted by atomic mass is 10.1. The van der Waals surface area contributed by atoms with Gasteiger partial charge in [0.2, 0.25) is 5.91 Å². The predicted molar refractivity (Wildman–Crippen MR) is 97.2 cm³/mol. The number of amides is 3. The van der Waals surface area contributed by atoms with Crippen molar-refractivity contribution in [2.24, 2.45) is 7.05 Å². The number of aryl methyl sites for hydroxylation is 1. The Kier molecular flexibility index (Phi) is 6.00. The Hall–Kier alpha value is -1.98. The minimum atomic E-state index is 0.0193. The fourth-order valence-corrected chi connectivity index (χ4v) is 3.98. The summed E-state index contributed by atoms with van der Waals surface area (Å²) in [5.74, 6) is 0.271. The zero-order valence-corrected chi connectivity index (χ0v) is 15.2. The molecule has 0 radical (unpaired) electrons. The van der Waals surface area contributed by atoms with Gasteiger partial charge in [-0.25, -0.2) is 4.79 Å². The maximum atomic E-state index is 12.6. The number of nitrogens with zero attached hydrogens (tertiary/aromatic N) is 3. The Morgan fingerprint density at radius 1 is 1.24 bits per heavy atom. The van der Waals surface area contributed by atoms with E-state index in [1.807, 2.05) is 29.1 Å². The summed E-state index contributed by atoms with van der Waals surface area (Å²) < 4.78 is 2.10. The SMILES string of the molecule is Cn1cccc1C1CCCN1C(=O)NCCCN1CCCCCC1=O. The molecule has 6 nitrogen and oxygen atoms in total. The average Bonchev–Trinajstić information content (AvgIpc) is 3.19. The van der Waals surface area contributed by atoms with E-state index in [1.54, 1.807) is 0 Å². The largest absolute Gasteiger partial charge is 0.353 e. The van der Waals surface area contributed by atoms with E-state index in [4.69, 9.17) is 0 Å². The van der Waals surface area contributed by atoms with Gasteiger partial charge < -0.3 is 19.7 Å². The van der Waals surface area contributed by atoms with Crippen LogP contribution < -0.4 is 5.32 Å². The van der Waals surface area contributed by atoms with Crippen LogP contribution in [0.5, 0.6) is 0 Å². The van der Waals surface area contributed by atoms with E-state index in [1.165, 1.54) is 5.69 Å². The second-order valence-electron chi connectivity index (χ2n) is 7.17. The molecule has 0 saturated carbocycles. The Bertz CT molecular complexity index is 598. The fraction of sp³-hybridized carbons (Fsp3) is 0.684. The zero-order chi connectivity index (χ0) is 17.6. The number of urea groups is 1. The highest BCUT2D eigenvalue weighted by Gasteiger charge is 2.31. The number of carbonyl (C=O) groups is 2. The number of carbonyl (C=O) groups excluding carboxylic acids is 2. The van der Waals surface area contributed by atoms with E-state index < -0.39 is 0 Å². The van der Waals surface area contributed by atoms with Crippen LogP contribution in [0.4, 0.5) is 4.79 Å². The minimum Gasteiger partial charge on any atom is -0.353 e. The van der Waals surface area contributed by atoms with Gasteiger partial charge in [-0.2, -0.15) is 0 Å². The molecule has 2 fully saturated rings. The molecule has 0 aliphatic carbocycles. The summed E-state index contributed by atoms with van der Waals surface area (Å²) >= 11 is 0. The van der Waals surface area contributed by atoms with E-state index in [-0.39, 0.29) is 18.0 Å². The first-order valence-corrected chi connectivity index (χ1v) is 9.60. The molecule has 1 unspecified atom stereocenters. The van der Waals surface area contributed by atoms with Gasteiger partial charge in [-0.05, 0) is 44.2 Å². The van der Waals surface area contributed by atoms with Crippen molar-refractivity contribution < 1.29 is 9.59 Å². The van der Waals surface area contributed by atoms with Gasteiger partial charge in [0.25, 0.3) is 0 Å². The Morgan fingerprint density at radius 2 is 2.12 bits per heavy atom. The summed E-state index contributed by atoms with van der Waals surface area (Å²) in [6.45, 7) is 3.06. The lowest BCUT2D eigenvalue weighted by Gasteiger charge is -2.26. The molecule has 2 aliphatic rings. The molecule has 0 aromatic carbocycles. The molecular formula is C19H30N4O2. The molecule has 138 valence electrons. The van der Waals surface area contributed by atoms with Gasteiger partial charge in [-0.15, -0.1) is 0 Å². The summed E-state index contributed by atoms with van der Waals surface area (Å²) in [7, 11) is 2.03. The summed E-state index contributed by atoms with van der Waals surface area (Å²) in [4.78, 5) is 28.5. The van der Waals surface area contributed by atoms with Crippen LogP contribution in [-0.2, 0) is 11.8 Å². The van der Waals surface area contributed by atoms with Gasteiger partial charge in [0, 0.05) is 51.5 Å². The normalized spacial score (nSPS) is 21.5. The molecule has 6 heteroatoms. The van der Waals surface area contributed by atoms with Crippen molar-refractivity contribution in [1.29, 1.82) is 0 Å². The number of aromatic nitrogens is 1. The highest BCUT2D eigenvalue weighted by atomic mass is 16.2. The number of hydrogen-bond donors (Lipinski definition) is 1. The Labute approximate surface area is 150 Å². The molecule has 25 heavy (non-hydrogen) atoms. The van der Waals surface area contributed by atoms with Gasteiger partial charge >= 0.3 is 6.03 Å². The third-order valence-electron chi connectivity index (χ3n) is 5.39. The number of likely N-dealkylation sites (tertiary alicyclic amines) is 2. The van der Waals surface area contributed by atoms with E-state index >= 15 is 0 Å². The van der Waals surface area contributed by atoms with E-state index in [9.17, 15) is 9.59 Å². The molecule has 3 heterocycles. The van der Waals surface area contributed by atoms with Gasteiger partial charge in [-0.3, -0.25) is 4.79 Å². The van der Waals surface area contributed by atoms with Crippen LogP contribution in [0, 0.1) is 0 Å². The third-order valence-corrected chi connectivity index (χ3v) is 5.39. The van der Waals surface area contributed by atoms with Gasteiger partial charge in [0.15, 0.2) is 0 Å². The smallest absolute Gasteiger partial charge is 0.317 e. The first kappa shape index (κ1) is 17.8. The van der Waals surface area contributed by atoms with E-state index in [0.717, 1.165) is 58.2 Å². The highest BCUT2D eigenvalue weighted by Crippen LogP contribution is 2.31. The minimum absolute atomic E-state index is 0.0193. The lowest BCUT2D eigenvalue weighted by molar-refractivity contribution is -0.130. The van der Waals surface area contributed by atoms with Crippen LogP contribution in [0.1, 0.15) is 56.7 Å². The van der Waals surface area contributed by atoms with Crippen molar-refractivity contribution in [2.45, 2.75) is 51.0 Å². The van der Waals surface area contributed by atoms with E-state index in [2.05, 4.69) is 16.0 Å². The van der Waals surface area contributed by atoms with Crippen LogP contribution in [0.3, 0.4) is 0 Å². The predicted octanol–water partition coefficient (Wildman–Crippen LogP) is 2.66. The molecule has 1 atom stereocenters. The standard InChI is InChI=1S/C19H30N4O2/c1-21-12-5-8-16(21)17-9-6-15-23(17)19(25)20-11-7-14-22-13-4-2-3-10-18(22)24/h5,8,12,17H,2-4,6-7,9-11,13-15H2,1H3,(H,20,25). The number of nitrogens with one attached hydrogen (secondary N) is 1. The molecule has 1 N–H and O–H groups in total. The van der Waals surface area contributed by atoms with Crippen molar-refractivity contribution >= 4 is 11.9 Å². The summed E-state index contributed by atoms with van der Waals surface area (Å²) in [5.41, 5.74) is 1.20. The average molecular weight is 346 g/mol. The molecule has 3 rings (SSSR count). The van der Waals surface area contributed by atoms with Crippen molar-refractivity contribution in [3.63, 3.8) is 0 Å². The summed E-state index contributed by atoms with van der Waals surface area (Å²) in [6.07, 6.45) is 8.86. The number of rotatable bonds is 5. The molecule has 1 aromatic rings. The van der Waals surface area contributed by atoms with Gasteiger partial charge in [0.05, 0.1) is 6.04 Å². The van der Waals surface area contributed by atoms with Crippen LogP contribution in [0.2, 0.25) is 0 Å². The lowest BCUT2D eigenvalue weighted by Crippen LogP contribution is -2.41. The van der Waals surface area contributed by atoms with E-state index in [0.29, 0.717) is 13.0 Å². The quantitative estimate of drug-likeness (QED) is 0.834. The molecule has 2 aliphatic heterocycles. The first-order chi connectivity index (χ1) is 12.2. The van der Waals surface area contributed by atoms with Crippen molar-refractivity contribution in [1.82, 2.24) is 19.7 Å². The van der Waals surface area contributed by atoms with Gasteiger partial charge in [0.1, 0.15) is 0 Å². The summed E-state index contributed by atoms with van der Waals surface area (Å²) in [5, 5.41) is 3.05. The fourth-order valence-electron chi connectivity index (χ4n) is 3.98. The topological polar surface area (TPSA) is 57.6 Å². The summed E-state index contributed by atoms with van der Waals surface area (Å²) in [6, 6.07) is 4.32. The first-order valence-electron chi connectivity index (χ1n) is 9.60.